The molecule has 2 aromatic carbocycles. The molecule has 0 radical (unpaired) electrons. The summed E-state index contributed by atoms with van der Waals surface area (Å²) >= 11 is 0. The number of pyridine rings is 1. The Bertz CT molecular complexity index is 1030. The predicted molar refractivity (Wildman–Crippen MR) is 111 cm³/mol. The molecule has 0 saturated carbocycles. The van der Waals surface area contributed by atoms with Gasteiger partial charge in [-0.05, 0) is 54.3 Å². The molecule has 0 aliphatic heterocycles. The molecule has 3 nitrogen and oxygen atoms in total. The van der Waals surface area contributed by atoms with Gasteiger partial charge in [0.05, 0.1) is 18.1 Å². The van der Waals surface area contributed by atoms with Gasteiger partial charge in [0.2, 0.25) is 5.91 Å². The summed E-state index contributed by atoms with van der Waals surface area (Å²) in [5, 5.41) is 2.75. The van der Waals surface area contributed by atoms with Crippen LogP contribution in [0.2, 0.25) is 0 Å². The number of aromatic nitrogens is 1. The number of nitrogens with zero attached hydrogens (tertiary/aromatic N) is 1. The second kappa shape index (κ2) is 9.11. The number of rotatable bonds is 6. The molecule has 6 heteroatoms. The van der Waals surface area contributed by atoms with Crippen LogP contribution in [0, 0.1) is 30.3 Å². The Hall–Kier alpha value is -3.15. The molecule has 30 heavy (non-hydrogen) atoms. The second-order valence-corrected chi connectivity index (χ2v) is 7.37. The molecule has 0 bridgehead atoms. The first-order valence-corrected chi connectivity index (χ1v) is 9.76. The molecule has 1 amide bonds. The van der Waals surface area contributed by atoms with Crippen LogP contribution in [0.3, 0.4) is 0 Å². The predicted octanol–water partition coefficient (Wildman–Crippen LogP) is 5.78. The van der Waals surface area contributed by atoms with Crippen molar-refractivity contribution in [1.29, 1.82) is 0 Å². The maximum atomic E-state index is 14.1. The summed E-state index contributed by atoms with van der Waals surface area (Å²) in [7, 11) is 0. The van der Waals surface area contributed by atoms with Crippen molar-refractivity contribution in [3.8, 4) is 0 Å². The molecule has 0 fully saturated rings. The van der Waals surface area contributed by atoms with E-state index >= 15 is 0 Å². The molecule has 3 aromatic rings. The fourth-order valence-electron chi connectivity index (χ4n) is 3.71. The van der Waals surface area contributed by atoms with Crippen LogP contribution in [0.15, 0.2) is 54.9 Å². The van der Waals surface area contributed by atoms with Gasteiger partial charge >= 0.3 is 0 Å². The Morgan fingerprint density at radius 3 is 2.33 bits per heavy atom. The Labute approximate surface area is 174 Å². The highest BCUT2D eigenvalue weighted by molar-refractivity contribution is 5.93. The minimum Gasteiger partial charge on any atom is -0.324 e. The molecule has 1 N–H and O–H groups in total. The Kier molecular flexibility index (Phi) is 6.55. The lowest BCUT2D eigenvalue weighted by molar-refractivity contribution is -0.119. The number of aryl methyl sites for hydroxylation is 1. The minimum atomic E-state index is -0.648. The highest BCUT2D eigenvalue weighted by atomic mass is 19.1. The number of amides is 1. The molecule has 2 atom stereocenters. The van der Waals surface area contributed by atoms with Gasteiger partial charge in [0, 0.05) is 17.4 Å². The number of hydrogen-bond donors (Lipinski definition) is 1. The molecule has 0 saturated heterocycles. The number of hydrogen-bond acceptors (Lipinski definition) is 2. The van der Waals surface area contributed by atoms with Gasteiger partial charge in [-0.1, -0.05) is 32.0 Å². The van der Waals surface area contributed by atoms with Crippen LogP contribution in [0.5, 0.6) is 0 Å². The Morgan fingerprint density at radius 1 is 1.00 bits per heavy atom. The topological polar surface area (TPSA) is 42.0 Å². The lowest BCUT2D eigenvalue weighted by atomic mass is 9.80. The average Bonchev–Trinajstić information content (AvgIpc) is 2.69. The van der Waals surface area contributed by atoms with Crippen molar-refractivity contribution in [3.63, 3.8) is 0 Å². The normalized spacial score (nSPS) is 13.0. The standard InChI is InChI=1S/C24H23F3N2O/c1-4-20-21(27)12-28-13-22(20)29-24(30)15(3)23(16-5-7-18(25)8-6-16)17-9-14(2)10-19(26)11-17/h5-13,15,23H,4H2,1-3H3,(H,29,30)/t15-,23-/m0/s1. The summed E-state index contributed by atoms with van der Waals surface area (Å²) in [6.07, 6.45) is 2.91. The van der Waals surface area contributed by atoms with Crippen molar-refractivity contribution in [3.05, 3.63) is 94.6 Å². The first kappa shape index (κ1) is 21.6. The summed E-state index contributed by atoms with van der Waals surface area (Å²) in [5.41, 5.74) is 2.67. The Balaban J connectivity index is 1.99. The van der Waals surface area contributed by atoms with Crippen molar-refractivity contribution < 1.29 is 18.0 Å². The van der Waals surface area contributed by atoms with Gasteiger partial charge in [-0.25, -0.2) is 13.2 Å². The van der Waals surface area contributed by atoms with E-state index in [0.717, 1.165) is 6.20 Å². The van der Waals surface area contributed by atoms with Crippen molar-refractivity contribution in [1.82, 2.24) is 4.98 Å². The van der Waals surface area contributed by atoms with Gasteiger partial charge in [0.1, 0.15) is 17.5 Å². The van der Waals surface area contributed by atoms with E-state index in [-0.39, 0.29) is 5.91 Å². The van der Waals surface area contributed by atoms with E-state index in [1.54, 1.807) is 32.9 Å². The van der Waals surface area contributed by atoms with Gasteiger partial charge in [-0.15, -0.1) is 0 Å². The SMILES string of the molecule is CCc1c(F)cncc1NC(=O)[C@@H](C)[C@@H](c1ccc(F)cc1)c1cc(C)cc(F)c1. The average molecular weight is 412 g/mol. The number of halogens is 3. The maximum absolute atomic E-state index is 14.1. The zero-order valence-corrected chi connectivity index (χ0v) is 17.0. The zero-order chi connectivity index (χ0) is 21.8. The summed E-state index contributed by atoms with van der Waals surface area (Å²) in [6.45, 7) is 5.27. The maximum Gasteiger partial charge on any atom is 0.228 e. The van der Waals surface area contributed by atoms with Crippen LogP contribution in [0.25, 0.3) is 0 Å². The largest absolute Gasteiger partial charge is 0.324 e. The van der Waals surface area contributed by atoms with Crippen LogP contribution in [-0.4, -0.2) is 10.9 Å². The fourth-order valence-corrected chi connectivity index (χ4v) is 3.71. The third kappa shape index (κ3) is 4.70. The second-order valence-electron chi connectivity index (χ2n) is 7.37. The third-order valence-electron chi connectivity index (χ3n) is 5.18. The van der Waals surface area contributed by atoms with Crippen LogP contribution < -0.4 is 5.32 Å². The van der Waals surface area contributed by atoms with Crippen LogP contribution >= 0.6 is 0 Å². The molecule has 3 rings (SSSR count). The first-order chi connectivity index (χ1) is 14.3. The van der Waals surface area contributed by atoms with Crippen molar-refractivity contribution in [2.75, 3.05) is 5.32 Å². The van der Waals surface area contributed by atoms with E-state index in [1.807, 2.05) is 6.07 Å². The van der Waals surface area contributed by atoms with Crippen molar-refractivity contribution in [2.24, 2.45) is 5.92 Å². The Morgan fingerprint density at radius 2 is 1.70 bits per heavy atom. The highest BCUT2D eigenvalue weighted by Gasteiger charge is 2.28. The van der Waals surface area contributed by atoms with E-state index in [0.29, 0.717) is 34.4 Å². The van der Waals surface area contributed by atoms with Gasteiger partial charge < -0.3 is 5.32 Å². The van der Waals surface area contributed by atoms with Gasteiger partial charge in [-0.2, -0.15) is 0 Å². The zero-order valence-electron chi connectivity index (χ0n) is 17.0. The molecular weight excluding hydrogens is 389 g/mol. The summed E-state index contributed by atoms with van der Waals surface area (Å²) in [4.78, 5) is 16.9. The molecule has 156 valence electrons. The minimum absolute atomic E-state index is 0.308. The molecule has 0 spiro atoms. The number of carbonyl (C=O) groups is 1. The number of nitrogens with one attached hydrogen (secondary N) is 1. The number of carbonyl (C=O) groups excluding carboxylic acids is 1. The quantitative estimate of drug-likeness (QED) is 0.558. The lowest BCUT2D eigenvalue weighted by Crippen LogP contribution is -2.27. The third-order valence-corrected chi connectivity index (χ3v) is 5.18. The molecule has 1 heterocycles. The number of anilines is 1. The number of benzene rings is 2. The van der Waals surface area contributed by atoms with Crippen LogP contribution in [0.1, 0.15) is 42.0 Å². The fraction of sp³-hybridized carbons (Fsp3) is 0.250. The first-order valence-electron chi connectivity index (χ1n) is 9.76. The van der Waals surface area contributed by atoms with E-state index in [9.17, 15) is 18.0 Å². The van der Waals surface area contributed by atoms with Gasteiger partial charge in [-0.3, -0.25) is 9.78 Å². The van der Waals surface area contributed by atoms with Gasteiger partial charge in [0.25, 0.3) is 0 Å². The van der Waals surface area contributed by atoms with E-state index < -0.39 is 29.3 Å². The van der Waals surface area contributed by atoms with E-state index in [4.69, 9.17) is 0 Å². The van der Waals surface area contributed by atoms with Gasteiger partial charge in [0.15, 0.2) is 0 Å². The molecule has 0 aliphatic rings. The highest BCUT2D eigenvalue weighted by Crippen LogP contribution is 2.34. The van der Waals surface area contributed by atoms with Crippen LogP contribution in [-0.2, 0) is 11.2 Å². The molecular formula is C24H23F3N2O. The van der Waals surface area contributed by atoms with Crippen LogP contribution in [0.4, 0.5) is 18.9 Å². The van der Waals surface area contributed by atoms with Crippen molar-refractivity contribution >= 4 is 11.6 Å². The lowest BCUT2D eigenvalue weighted by Gasteiger charge is -2.25. The molecule has 1 aromatic heterocycles. The molecule has 0 aliphatic carbocycles. The summed E-state index contributed by atoms with van der Waals surface area (Å²) in [6, 6.07) is 10.4. The van der Waals surface area contributed by atoms with Crippen molar-refractivity contribution in [2.45, 2.75) is 33.1 Å². The van der Waals surface area contributed by atoms with E-state index in [1.165, 1.54) is 30.5 Å². The molecule has 0 unspecified atom stereocenters. The monoisotopic (exact) mass is 412 g/mol. The summed E-state index contributed by atoms with van der Waals surface area (Å²) in [5.74, 6) is -2.83. The van der Waals surface area contributed by atoms with E-state index in [2.05, 4.69) is 10.3 Å². The smallest absolute Gasteiger partial charge is 0.228 e. The summed E-state index contributed by atoms with van der Waals surface area (Å²) < 4.78 is 41.6.